The van der Waals surface area contributed by atoms with E-state index in [1.807, 2.05) is 0 Å². The fourth-order valence-corrected chi connectivity index (χ4v) is 9.67. The summed E-state index contributed by atoms with van der Waals surface area (Å²) in [6, 6.07) is 46.6. The Morgan fingerprint density at radius 2 is 0.696 bits per heavy atom. The van der Waals surface area contributed by atoms with Crippen molar-refractivity contribution < 1.29 is 0 Å². The van der Waals surface area contributed by atoms with Gasteiger partial charge in [0.1, 0.15) is 0 Å². The highest BCUT2D eigenvalue weighted by molar-refractivity contribution is 6.25. The zero-order valence-corrected chi connectivity index (χ0v) is 26.5. The Hall–Kier alpha value is -5.20. The Bertz CT molecular complexity index is 2540. The molecule has 0 bridgehead atoms. The molecule has 3 aliphatic carbocycles. The van der Waals surface area contributed by atoms with Crippen LogP contribution in [0.4, 0.5) is 0 Å². The minimum atomic E-state index is -0.159. The summed E-state index contributed by atoms with van der Waals surface area (Å²) in [7, 11) is 0. The molecule has 0 fully saturated rings. The number of fused-ring (bicyclic) bond motifs is 12. The van der Waals surface area contributed by atoms with E-state index >= 15 is 0 Å². The Kier molecular flexibility index (Phi) is 4.33. The van der Waals surface area contributed by atoms with Gasteiger partial charge < -0.3 is 0 Å². The highest BCUT2D eigenvalue weighted by Crippen LogP contribution is 2.59. The van der Waals surface area contributed by atoms with Gasteiger partial charge in [0.15, 0.2) is 0 Å². The monoisotopic (exact) mass is 584 g/mol. The maximum absolute atomic E-state index is 2.58. The summed E-state index contributed by atoms with van der Waals surface area (Å²) >= 11 is 0. The number of benzene rings is 8. The van der Waals surface area contributed by atoms with Gasteiger partial charge in [0, 0.05) is 10.8 Å². The topological polar surface area (TPSA) is 0 Å². The third-order valence-electron chi connectivity index (χ3n) is 11.9. The average Bonchev–Trinajstić information content (AvgIpc) is 3.58. The van der Waals surface area contributed by atoms with Crippen LogP contribution in [-0.2, 0) is 10.8 Å². The number of hydrogen-bond acceptors (Lipinski definition) is 0. The normalized spacial score (nSPS) is 15.7. The highest BCUT2D eigenvalue weighted by atomic mass is 14.5. The summed E-state index contributed by atoms with van der Waals surface area (Å²) in [5.74, 6) is 0. The van der Waals surface area contributed by atoms with Crippen molar-refractivity contribution in [1.82, 2.24) is 0 Å². The van der Waals surface area contributed by atoms with Gasteiger partial charge in [-0.1, -0.05) is 113 Å². The van der Waals surface area contributed by atoms with Crippen LogP contribution < -0.4 is 0 Å². The van der Waals surface area contributed by atoms with Gasteiger partial charge in [-0.2, -0.15) is 0 Å². The minimum absolute atomic E-state index is 0.159. The van der Waals surface area contributed by atoms with E-state index in [9.17, 15) is 0 Å². The van der Waals surface area contributed by atoms with Gasteiger partial charge in [-0.25, -0.2) is 0 Å². The molecule has 0 amide bonds. The van der Waals surface area contributed by atoms with Gasteiger partial charge >= 0.3 is 0 Å². The molecular weight excluding hydrogens is 553 g/mol. The maximum Gasteiger partial charge on any atom is 0.0153 e. The molecule has 0 radical (unpaired) electrons. The van der Waals surface area contributed by atoms with Gasteiger partial charge in [-0.05, 0) is 146 Å². The minimum Gasteiger partial charge on any atom is -0.0616 e. The first-order chi connectivity index (χ1) is 22.3. The van der Waals surface area contributed by atoms with Crippen LogP contribution in [0.5, 0.6) is 0 Å². The van der Waals surface area contributed by atoms with Crippen molar-refractivity contribution in [3.8, 4) is 44.5 Å². The van der Waals surface area contributed by atoms with E-state index in [2.05, 4.69) is 149 Å². The van der Waals surface area contributed by atoms with E-state index in [0.717, 1.165) is 0 Å². The molecule has 8 aromatic rings. The number of hydrogen-bond donors (Lipinski definition) is 0. The molecule has 0 heterocycles. The second-order valence-corrected chi connectivity index (χ2v) is 14.9. The summed E-state index contributed by atoms with van der Waals surface area (Å²) < 4.78 is 0. The molecule has 0 saturated carbocycles. The standard InChI is InChI=1S/C46H32/c1-45(2)37-21-33-31-17-9-13-27-20-26-12-6-8-16-30(26)44(41(27)31)36(33)24-40(37)46(3,4)38-22-34-32-18-10-14-28-19-25-11-5-7-15-29(25)43(42(28)32)35(34)23-39(38)45/h5-24H,1-4H3. The Balaban J connectivity index is 1.22. The Morgan fingerprint density at radius 3 is 1.13 bits per heavy atom. The number of rotatable bonds is 0. The zero-order valence-electron chi connectivity index (χ0n) is 26.5. The van der Waals surface area contributed by atoms with Crippen molar-refractivity contribution in [2.45, 2.75) is 38.5 Å². The van der Waals surface area contributed by atoms with Crippen LogP contribution in [0.2, 0.25) is 0 Å². The summed E-state index contributed by atoms with van der Waals surface area (Å²) in [4.78, 5) is 0. The second kappa shape index (κ2) is 7.95. The molecule has 0 heteroatoms. The first-order valence-electron chi connectivity index (χ1n) is 16.6. The Labute approximate surface area is 269 Å². The SMILES string of the molecule is CC1(C)c2cc3c(cc2C(C)(C)c2cc4c(cc21)-c1c2ccccc2cc2cccc-4c12)-c1c2ccccc2cc2cccc-3c12. The lowest BCUT2D eigenvalue weighted by atomic mass is 9.59. The van der Waals surface area contributed by atoms with Crippen molar-refractivity contribution in [1.29, 1.82) is 0 Å². The maximum atomic E-state index is 2.58. The molecule has 11 rings (SSSR count). The van der Waals surface area contributed by atoms with Crippen LogP contribution >= 0.6 is 0 Å². The molecule has 0 nitrogen and oxygen atoms in total. The molecule has 3 aliphatic rings. The van der Waals surface area contributed by atoms with Crippen LogP contribution in [0.1, 0.15) is 49.9 Å². The lowest BCUT2D eigenvalue weighted by Gasteiger charge is -2.45. The Morgan fingerprint density at radius 1 is 0.326 bits per heavy atom. The van der Waals surface area contributed by atoms with E-state index in [0.29, 0.717) is 0 Å². The molecule has 216 valence electrons. The van der Waals surface area contributed by atoms with Crippen LogP contribution in [-0.4, -0.2) is 0 Å². The summed E-state index contributed by atoms with van der Waals surface area (Å²) in [5, 5.41) is 10.8. The molecular formula is C46H32. The van der Waals surface area contributed by atoms with Crippen LogP contribution in [0.25, 0.3) is 87.6 Å². The third-order valence-corrected chi connectivity index (χ3v) is 11.9. The van der Waals surface area contributed by atoms with E-state index in [-0.39, 0.29) is 10.8 Å². The molecule has 8 aromatic carbocycles. The highest BCUT2D eigenvalue weighted by Gasteiger charge is 2.44. The first kappa shape index (κ1) is 25.0. The second-order valence-electron chi connectivity index (χ2n) is 14.9. The van der Waals surface area contributed by atoms with E-state index in [1.54, 1.807) is 0 Å². The van der Waals surface area contributed by atoms with E-state index in [4.69, 9.17) is 0 Å². The predicted molar refractivity (Wildman–Crippen MR) is 196 cm³/mol. The summed E-state index contributed by atoms with van der Waals surface area (Å²) in [5.41, 5.74) is 16.6. The predicted octanol–water partition coefficient (Wildman–Crippen LogP) is 12.6. The molecule has 0 saturated heterocycles. The lowest BCUT2D eigenvalue weighted by molar-refractivity contribution is 0.521. The van der Waals surface area contributed by atoms with Crippen molar-refractivity contribution in [3.63, 3.8) is 0 Å². The fourth-order valence-electron chi connectivity index (χ4n) is 9.67. The van der Waals surface area contributed by atoms with E-state index < -0.39 is 0 Å². The fraction of sp³-hybridized carbons (Fsp3) is 0.130. The largest absolute Gasteiger partial charge is 0.0616 e. The van der Waals surface area contributed by atoms with Gasteiger partial charge in [0.25, 0.3) is 0 Å². The van der Waals surface area contributed by atoms with Crippen LogP contribution in [0.15, 0.2) is 121 Å². The smallest absolute Gasteiger partial charge is 0.0153 e. The lowest BCUT2D eigenvalue weighted by Crippen LogP contribution is -2.36. The molecule has 0 N–H and O–H groups in total. The molecule has 0 spiro atoms. The quantitative estimate of drug-likeness (QED) is 0.156. The molecule has 0 unspecified atom stereocenters. The van der Waals surface area contributed by atoms with Gasteiger partial charge in [0.2, 0.25) is 0 Å². The zero-order chi connectivity index (χ0) is 30.7. The molecule has 0 atom stereocenters. The summed E-state index contributed by atoms with van der Waals surface area (Å²) in [6.45, 7) is 9.82. The van der Waals surface area contributed by atoms with Crippen molar-refractivity contribution >= 4 is 43.1 Å². The van der Waals surface area contributed by atoms with Crippen molar-refractivity contribution in [3.05, 3.63) is 144 Å². The van der Waals surface area contributed by atoms with Gasteiger partial charge in [-0.3, -0.25) is 0 Å². The molecule has 0 aromatic heterocycles. The average molecular weight is 585 g/mol. The van der Waals surface area contributed by atoms with Gasteiger partial charge in [-0.15, -0.1) is 0 Å². The first-order valence-corrected chi connectivity index (χ1v) is 16.6. The van der Waals surface area contributed by atoms with E-state index in [1.165, 1.54) is 110 Å². The van der Waals surface area contributed by atoms with Crippen molar-refractivity contribution in [2.24, 2.45) is 0 Å². The third kappa shape index (κ3) is 2.80. The summed E-state index contributed by atoms with van der Waals surface area (Å²) in [6.07, 6.45) is 0. The van der Waals surface area contributed by atoms with Crippen molar-refractivity contribution in [2.75, 3.05) is 0 Å². The van der Waals surface area contributed by atoms with Crippen LogP contribution in [0.3, 0.4) is 0 Å². The molecule has 0 aliphatic heterocycles. The van der Waals surface area contributed by atoms with Crippen LogP contribution in [0, 0.1) is 0 Å². The van der Waals surface area contributed by atoms with Gasteiger partial charge in [0.05, 0.1) is 0 Å². The molecule has 46 heavy (non-hydrogen) atoms.